The van der Waals surface area contributed by atoms with Crippen LogP contribution in [0.1, 0.15) is 51.3 Å². The normalized spacial score (nSPS) is 21.5. The number of nitrogens with zero attached hydrogens (tertiary/aromatic N) is 2. The highest BCUT2D eigenvalue weighted by Gasteiger charge is 2.23. The van der Waals surface area contributed by atoms with Gasteiger partial charge >= 0.3 is 0 Å². The highest BCUT2D eigenvalue weighted by atomic mass is 15.2. The van der Waals surface area contributed by atoms with Gasteiger partial charge < -0.3 is 10.3 Å². The van der Waals surface area contributed by atoms with Crippen LogP contribution in [0.4, 0.5) is 0 Å². The third-order valence-corrected chi connectivity index (χ3v) is 2.90. The van der Waals surface area contributed by atoms with Crippen molar-refractivity contribution in [3.8, 4) is 0 Å². The first-order valence-corrected chi connectivity index (χ1v) is 5.78. The van der Waals surface area contributed by atoms with E-state index in [0.717, 1.165) is 25.1 Å². The third-order valence-electron chi connectivity index (χ3n) is 2.90. The second kappa shape index (κ2) is 3.63. The van der Waals surface area contributed by atoms with Crippen LogP contribution in [0.3, 0.4) is 0 Å². The van der Waals surface area contributed by atoms with E-state index in [9.17, 15) is 0 Å². The lowest BCUT2D eigenvalue weighted by atomic mass is 9.92. The van der Waals surface area contributed by atoms with Crippen LogP contribution in [0.5, 0.6) is 0 Å². The van der Waals surface area contributed by atoms with Gasteiger partial charge in [0.15, 0.2) is 0 Å². The van der Waals surface area contributed by atoms with E-state index < -0.39 is 0 Å². The third kappa shape index (κ3) is 2.23. The second-order valence-corrected chi connectivity index (χ2v) is 5.73. The van der Waals surface area contributed by atoms with E-state index in [1.54, 1.807) is 0 Å². The molecule has 1 aliphatic heterocycles. The SMILES string of the molecule is CC(C)(C)Cc1ncc2n1C(N)CCC2. The molecular formula is C12H21N3. The van der Waals surface area contributed by atoms with Crippen molar-refractivity contribution in [2.45, 2.75) is 52.6 Å². The molecule has 1 aromatic heterocycles. The van der Waals surface area contributed by atoms with Crippen LogP contribution in [0.25, 0.3) is 0 Å². The smallest absolute Gasteiger partial charge is 0.110 e. The van der Waals surface area contributed by atoms with Crippen molar-refractivity contribution >= 4 is 0 Å². The molecule has 0 saturated carbocycles. The van der Waals surface area contributed by atoms with Crippen molar-refractivity contribution in [3.63, 3.8) is 0 Å². The van der Waals surface area contributed by atoms with Gasteiger partial charge in [0, 0.05) is 18.3 Å². The molecule has 1 unspecified atom stereocenters. The Kier molecular flexibility index (Phi) is 2.59. The fraction of sp³-hybridized carbons (Fsp3) is 0.750. The van der Waals surface area contributed by atoms with Gasteiger partial charge in [0.2, 0.25) is 0 Å². The molecule has 3 nitrogen and oxygen atoms in total. The minimum absolute atomic E-state index is 0.147. The fourth-order valence-corrected chi connectivity index (χ4v) is 2.26. The summed E-state index contributed by atoms with van der Waals surface area (Å²) in [4.78, 5) is 4.52. The largest absolute Gasteiger partial charge is 0.316 e. The van der Waals surface area contributed by atoms with Gasteiger partial charge in [-0.2, -0.15) is 0 Å². The molecular weight excluding hydrogens is 186 g/mol. The lowest BCUT2D eigenvalue weighted by Crippen LogP contribution is -2.27. The quantitative estimate of drug-likeness (QED) is 0.767. The van der Waals surface area contributed by atoms with Crippen molar-refractivity contribution in [2.75, 3.05) is 0 Å². The molecule has 2 heterocycles. The molecule has 0 aromatic carbocycles. The maximum atomic E-state index is 6.13. The summed E-state index contributed by atoms with van der Waals surface area (Å²) in [5.74, 6) is 1.16. The van der Waals surface area contributed by atoms with Crippen LogP contribution >= 0.6 is 0 Å². The van der Waals surface area contributed by atoms with E-state index in [0.29, 0.717) is 0 Å². The van der Waals surface area contributed by atoms with E-state index in [4.69, 9.17) is 5.73 Å². The van der Waals surface area contributed by atoms with Gasteiger partial charge in [-0.05, 0) is 24.7 Å². The van der Waals surface area contributed by atoms with Gasteiger partial charge in [-0.25, -0.2) is 4.98 Å². The molecule has 3 heteroatoms. The summed E-state index contributed by atoms with van der Waals surface area (Å²) in [7, 11) is 0. The lowest BCUT2D eigenvalue weighted by molar-refractivity contribution is 0.355. The molecule has 0 amide bonds. The number of rotatable bonds is 1. The Bertz CT molecular complexity index is 346. The summed E-state index contributed by atoms with van der Waals surface area (Å²) in [6.07, 6.45) is 6.56. The first kappa shape index (κ1) is 10.7. The zero-order valence-corrected chi connectivity index (χ0v) is 9.95. The van der Waals surface area contributed by atoms with Gasteiger partial charge in [0.1, 0.15) is 5.82 Å². The molecule has 0 fully saturated rings. The number of aromatic nitrogens is 2. The fourth-order valence-electron chi connectivity index (χ4n) is 2.26. The topological polar surface area (TPSA) is 43.8 Å². The van der Waals surface area contributed by atoms with Crippen LogP contribution in [-0.2, 0) is 12.8 Å². The molecule has 0 saturated heterocycles. The summed E-state index contributed by atoms with van der Waals surface area (Å²) >= 11 is 0. The van der Waals surface area contributed by atoms with Crippen LogP contribution in [0.15, 0.2) is 6.20 Å². The summed E-state index contributed by atoms with van der Waals surface area (Å²) in [5, 5.41) is 0. The zero-order chi connectivity index (χ0) is 11.1. The van der Waals surface area contributed by atoms with Gasteiger partial charge in [0.05, 0.1) is 6.17 Å². The van der Waals surface area contributed by atoms with E-state index in [2.05, 4.69) is 30.3 Å². The van der Waals surface area contributed by atoms with Gasteiger partial charge in [-0.15, -0.1) is 0 Å². The highest BCUT2D eigenvalue weighted by molar-refractivity contribution is 5.10. The summed E-state index contributed by atoms with van der Waals surface area (Å²) in [6.45, 7) is 6.72. The molecule has 0 spiro atoms. The molecule has 1 aromatic rings. The van der Waals surface area contributed by atoms with E-state index >= 15 is 0 Å². The highest BCUT2D eigenvalue weighted by Crippen LogP contribution is 2.27. The zero-order valence-electron chi connectivity index (χ0n) is 9.95. The van der Waals surface area contributed by atoms with Crippen molar-refractivity contribution in [1.82, 2.24) is 9.55 Å². The lowest BCUT2D eigenvalue weighted by Gasteiger charge is -2.26. The maximum Gasteiger partial charge on any atom is 0.110 e. The summed E-state index contributed by atoms with van der Waals surface area (Å²) in [5.41, 5.74) is 7.72. The number of hydrogen-bond acceptors (Lipinski definition) is 2. The first-order chi connectivity index (χ1) is 6.97. The average Bonchev–Trinajstić information content (AvgIpc) is 2.47. The number of hydrogen-bond donors (Lipinski definition) is 1. The Morgan fingerprint density at radius 3 is 2.93 bits per heavy atom. The van der Waals surface area contributed by atoms with Gasteiger partial charge in [-0.3, -0.25) is 0 Å². The Labute approximate surface area is 91.7 Å². The predicted molar refractivity (Wildman–Crippen MR) is 61.5 cm³/mol. The minimum atomic E-state index is 0.147. The van der Waals surface area contributed by atoms with Crippen LogP contribution in [-0.4, -0.2) is 9.55 Å². The average molecular weight is 207 g/mol. The number of nitrogens with two attached hydrogens (primary N) is 1. The Hall–Kier alpha value is -0.830. The first-order valence-electron chi connectivity index (χ1n) is 5.78. The maximum absolute atomic E-state index is 6.13. The predicted octanol–water partition coefficient (Wildman–Crippen LogP) is 2.27. The van der Waals surface area contributed by atoms with Crippen molar-refractivity contribution in [1.29, 1.82) is 0 Å². The summed E-state index contributed by atoms with van der Waals surface area (Å²) in [6, 6.07) is 0. The van der Waals surface area contributed by atoms with Crippen LogP contribution < -0.4 is 5.73 Å². The van der Waals surface area contributed by atoms with E-state index in [1.807, 2.05) is 6.20 Å². The molecule has 1 aliphatic rings. The monoisotopic (exact) mass is 207 g/mol. The van der Waals surface area contributed by atoms with Crippen LogP contribution in [0.2, 0.25) is 0 Å². The molecule has 0 aliphatic carbocycles. The number of fused-ring (bicyclic) bond motifs is 1. The van der Waals surface area contributed by atoms with Gasteiger partial charge in [-0.1, -0.05) is 20.8 Å². The van der Waals surface area contributed by atoms with Gasteiger partial charge in [0.25, 0.3) is 0 Å². The molecule has 84 valence electrons. The Morgan fingerprint density at radius 2 is 2.27 bits per heavy atom. The minimum Gasteiger partial charge on any atom is -0.316 e. The van der Waals surface area contributed by atoms with Crippen LogP contribution in [0, 0.1) is 5.41 Å². The molecule has 0 bridgehead atoms. The van der Waals surface area contributed by atoms with E-state index in [-0.39, 0.29) is 11.6 Å². The van der Waals surface area contributed by atoms with Crippen molar-refractivity contribution in [2.24, 2.45) is 11.1 Å². The standard InChI is InChI=1S/C12H21N3/c1-12(2,3)7-11-14-8-9-5-4-6-10(13)15(9)11/h8,10H,4-7,13H2,1-3H3. The number of imidazole rings is 1. The molecule has 1 atom stereocenters. The number of aryl methyl sites for hydroxylation is 1. The van der Waals surface area contributed by atoms with Crippen molar-refractivity contribution in [3.05, 3.63) is 17.7 Å². The Balaban J connectivity index is 2.30. The van der Waals surface area contributed by atoms with Crippen molar-refractivity contribution < 1.29 is 0 Å². The Morgan fingerprint density at radius 1 is 1.53 bits per heavy atom. The molecule has 0 radical (unpaired) electrons. The molecule has 15 heavy (non-hydrogen) atoms. The van der Waals surface area contributed by atoms with E-state index in [1.165, 1.54) is 12.1 Å². The summed E-state index contributed by atoms with van der Waals surface area (Å²) < 4.78 is 2.24. The second-order valence-electron chi connectivity index (χ2n) is 5.73. The molecule has 2 N–H and O–H groups in total. The molecule has 2 rings (SSSR count).